The van der Waals surface area contributed by atoms with E-state index in [2.05, 4.69) is 10.6 Å². The van der Waals surface area contributed by atoms with Crippen LogP contribution in [0.3, 0.4) is 0 Å². The highest BCUT2D eigenvalue weighted by molar-refractivity contribution is 8.11. The number of hydrogen-bond donors (Lipinski definition) is 6. The average Bonchev–Trinajstić information content (AvgIpc) is 2.38. The van der Waals surface area contributed by atoms with Gasteiger partial charge in [-0.15, -0.1) is 0 Å². The van der Waals surface area contributed by atoms with Crippen molar-refractivity contribution in [3.05, 3.63) is 0 Å². The fourth-order valence-electron chi connectivity index (χ4n) is 1.30. The minimum atomic E-state index is -1.22. The first-order valence-electron chi connectivity index (χ1n) is 6.20. The maximum absolute atomic E-state index is 11.5. The molecule has 3 atom stereocenters. The summed E-state index contributed by atoms with van der Waals surface area (Å²) < 4.78 is 9.13. The molecule has 0 bridgehead atoms. The molecule has 0 aromatic carbocycles. The number of hydrogen-bond acceptors (Lipinski definition) is 6. The zero-order valence-electron chi connectivity index (χ0n) is 11.9. The Labute approximate surface area is 125 Å². The summed E-state index contributed by atoms with van der Waals surface area (Å²) in [5.41, 5.74) is 5.36. The Morgan fingerprint density at radius 1 is 1.33 bits per heavy atom. The molecule has 0 fully saturated rings. The molecule has 0 aromatic heterocycles. The smallest absolute Gasteiger partial charge is 0.326 e. The van der Waals surface area contributed by atoms with Crippen LogP contribution in [-0.2, 0) is 14.4 Å². The van der Waals surface area contributed by atoms with Gasteiger partial charge in [-0.1, -0.05) is 11.2 Å². The Hall–Kier alpha value is -1.36. The van der Waals surface area contributed by atoms with E-state index in [1.54, 1.807) is 6.26 Å². The molecule has 0 heterocycles. The van der Waals surface area contributed by atoms with Crippen molar-refractivity contribution < 1.29 is 29.1 Å². The Bertz CT molecular complexity index is 377. The van der Waals surface area contributed by atoms with Crippen LogP contribution in [0.15, 0.2) is 0 Å². The summed E-state index contributed by atoms with van der Waals surface area (Å²) in [6.45, 7) is 0.890. The fourth-order valence-corrected chi connectivity index (χ4v) is 1.87. The second kappa shape index (κ2) is 9.55. The van der Waals surface area contributed by atoms with Gasteiger partial charge in [-0.2, -0.15) is 0 Å². The van der Waals surface area contributed by atoms with Gasteiger partial charge in [0.1, 0.15) is 12.1 Å². The topological polar surface area (TPSA) is 162 Å². The number of nitrogens with two attached hydrogens (primary N) is 1. The van der Waals surface area contributed by atoms with Crippen LogP contribution >= 0.6 is 11.2 Å². The van der Waals surface area contributed by atoms with Gasteiger partial charge >= 0.3 is 5.97 Å². The van der Waals surface area contributed by atoms with Crippen LogP contribution in [-0.4, -0.2) is 69.3 Å². The van der Waals surface area contributed by atoms with E-state index in [9.17, 15) is 14.4 Å². The lowest BCUT2D eigenvalue weighted by Gasteiger charge is -2.17. The molecule has 1 radical (unpaired) electrons. The summed E-state index contributed by atoms with van der Waals surface area (Å²) in [6.07, 6.45) is 0.559. The molecule has 7 N–H and O–H groups in total. The van der Waals surface area contributed by atoms with E-state index in [0.29, 0.717) is 0 Å². The van der Waals surface area contributed by atoms with Gasteiger partial charge in [-0.3, -0.25) is 9.59 Å². The number of rotatable bonds is 9. The van der Waals surface area contributed by atoms with E-state index >= 15 is 0 Å². The van der Waals surface area contributed by atoms with Crippen molar-refractivity contribution >= 4 is 29.0 Å². The van der Waals surface area contributed by atoms with Crippen molar-refractivity contribution in [2.45, 2.75) is 31.5 Å². The highest BCUT2D eigenvalue weighted by Crippen LogP contribution is 2.14. The molecule has 0 saturated carbocycles. The predicted octanol–water partition coefficient (Wildman–Crippen LogP) is -1.86. The van der Waals surface area contributed by atoms with Crippen LogP contribution in [0.2, 0.25) is 0 Å². The molecular weight excluding hydrogens is 302 g/mol. The van der Waals surface area contributed by atoms with E-state index in [-0.39, 0.29) is 12.2 Å². The lowest BCUT2D eigenvalue weighted by atomic mass is 10.2. The molecule has 21 heavy (non-hydrogen) atoms. The number of aliphatic hydroxyl groups excluding tert-OH is 1. The average molecular weight is 324 g/mol. The zero-order chi connectivity index (χ0) is 16.6. The van der Waals surface area contributed by atoms with Crippen LogP contribution in [0.25, 0.3) is 0 Å². The summed E-state index contributed by atoms with van der Waals surface area (Å²) >= 11 is -0.919. The van der Waals surface area contributed by atoms with Crippen molar-refractivity contribution in [2.24, 2.45) is 5.73 Å². The van der Waals surface area contributed by atoms with Gasteiger partial charge in [0.15, 0.2) is 0 Å². The monoisotopic (exact) mass is 324 g/mol. The van der Waals surface area contributed by atoms with Gasteiger partial charge in [-0.25, -0.2) is 4.79 Å². The van der Waals surface area contributed by atoms with Crippen LogP contribution in [0.1, 0.15) is 13.3 Å². The van der Waals surface area contributed by atoms with Crippen molar-refractivity contribution in [2.75, 3.05) is 18.6 Å². The van der Waals surface area contributed by atoms with Gasteiger partial charge in [0.05, 0.1) is 12.6 Å². The van der Waals surface area contributed by atoms with Gasteiger partial charge < -0.3 is 31.1 Å². The molecular formula is C11H22N3O6S. The number of amides is 2. The van der Waals surface area contributed by atoms with Crippen LogP contribution in [0.5, 0.6) is 0 Å². The molecule has 0 aliphatic heterocycles. The van der Waals surface area contributed by atoms with Crippen LogP contribution in [0.4, 0.5) is 0 Å². The largest absolute Gasteiger partial charge is 0.480 e. The second-order valence-electron chi connectivity index (χ2n) is 4.54. The first-order chi connectivity index (χ1) is 9.65. The number of carbonyl (C=O) groups is 3. The Morgan fingerprint density at radius 3 is 2.33 bits per heavy atom. The summed E-state index contributed by atoms with van der Waals surface area (Å²) in [6, 6.07) is -2.30. The molecule has 9 nitrogen and oxygen atoms in total. The fraction of sp³-hybridized carbons (Fsp3) is 0.727. The van der Waals surface area contributed by atoms with E-state index in [1.807, 2.05) is 0 Å². The summed E-state index contributed by atoms with van der Waals surface area (Å²) in [4.78, 5) is 33.9. The Kier molecular flexibility index (Phi) is 8.93. The van der Waals surface area contributed by atoms with Gasteiger partial charge in [0.2, 0.25) is 11.8 Å². The van der Waals surface area contributed by atoms with Crippen LogP contribution < -0.4 is 16.4 Å². The minimum absolute atomic E-state index is 0.0817. The molecule has 0 aliphatic rings. The molecule has 0 spiro atoms. The maximum atomic E-state index is 11.5. The third-order valence-corrected chi connectivity index (χ3v) is 3.41. The molecule has 0 aliphatic carbocycles. The molecule has 123 valence electrons. The van der Waals surface area contributed by atoms with E-state index in [4.69, 9.17) is 20.5 Å². The molecule has 0 unspecified atom stereocenters. The number of carbonyl (C=O) groups excluding carboxylic acids is 2. The third-order valence-electron chi connectivity index (χ3n) is 2.58. The van der Waals surface area contributed by atoms with E-state index < -0.39 is 53.7 Å². The first kappa shape index (κ1) is 19.6. The normalized spacial score (nSPS) is 15.1. The van der Waals surface area contributed by atoms with Gasteiger partial charge in [0.25, 0.3) is 0 Å². The van der Waals surface area contributed by atoms with E-state index in [1.165, 1.54) is 6.92 Å². The molecule has 0 saturated heterocycles. The van der Waals surface area contributed by atoms with E-state index in [0.717, 1.165) is 0 Å². The lowest BCUT2D eigenvalue weighted by molar-refractivity contribution is -0.141. The maximum Gasteiger partial charge on any atom is 0.326 e. The van der Waals surface area contributed by atoms with Crippen LogP contribution in [0, 0.1) is 0 Å². The van der Waals surface area contributed by atoms with Gasteiger partial charge in [0, 0.05) is 5.75 Å². The lowest BCUT2D eigenvalue weighted by Crippen LogP contribution is -2.51. The zero-order valence-corrected chi connectivity index (χ0v) is 12.7. The quantitative estimate of drug-likeness (QED) is 0.290. The standard InChI is InChI=1S/C11H22N3O6S/c1-6(15)9(12)10(17)13-5-8(16)14-7(11(18)19)3-4-21(2)20/h6-7,9,15,20H,3-5,12H2,1-2H3,(H,13,17)(H,14,16)(H,18,19)/t6-,7+,9+/m1/s1. The SMILES string of the molecule is C[C@@H](O)[C@H](N)C(=O)NCC(=O)N[C@@H](CC[S](C)O)C(=O)O. The Morgan fingerprint density at radius 2 is 1.90 bits per heavy atom. The minimum Gasteiger partial charge on any atom is -0.480 e. The summed E-state index contributed by atoms with van der Waals surface area (Å²) in [7, 11) is 0. The third kappa shape index (κ3) is 8.50. The Balaban J connectivity index is 4.26. The number of nitrogens with one attached hydrogen (secondary N) is 2. The number of aliphatic carboxylic acids is 1. The summed E-state index contributed by atoms with van der Waals surface area (Å²) in [5, 5.41) is 22.5. The molecule has 2 amide bonds. The van der Waals surface area contributed by atoms with Crippen molar-refractivity contribution in [3.63, 3.8) is 0 Å². The summed E-state index contributed by atoms with van der Waals surface area (Å²) in [5.74, 6) is -2.38. The highest BCUT2D eigenvalue weighted by atomic mass is 32.2. The number of carboxylic acid groups (broad SMARTS) is 1. The predicted molar refractivity (Wildman–Crippen MR) is 77.9 cm³/mol. The first-order valence-corrected chi connectivity index (χ1v) is 7.96. The van der Waals surface area contributed by atoms with Gasteiger partial charge in [-0.05, 0) is 19.6 Å². The molecule has 0 rings (SSSR count). The van der Waals surface area contributed by atoms with Crippen molar-refractivity contribution in [3.8, 4) is 0 Å². The second-order valence-corrected chi connectivity index (χ2v) is 6.14. The van der Waals surface area contributed by atoms with Crippen molar-refractivity contribution in [1.82, 2.24) is 10.6 Å². The molecule has 0 aromatic rings. The number of aliphatic hydroxyl groups is 1. The number of carboxylic acids is 1. The molecule has 10 heteroatoms. The highest BCUT2D eigenvalue weighted by Gasteiger charge is 2.22. The van der Waals surface area contributed by atoms with Crippen molar-refractivity contribution in [1.29, 1.82) is 0 Å².